The number of nitrogens with zero attached hydrogens (tertiary/aromatic N) is 1. The normalized spacial score (nSPS) is 11.8. The molecule has 0 saturated heterocycles. The lowest BCUT2D eigenvalue weighted by Gasteiger charge is -2.19. The molecule has 0 fully saturated rings. The first kappa shape index (κ1) is 14.7. The highest BCUT2D eigenvalue weighted by Gasteiger charge is 2.11. The van der Waals surface area contributed by atoms with Gasteiger partial charge in [0.15, 0.2) is 6.23 Å². The SMILES string of the molecule is B.CC(OC(=O)Cc1ccccc1)N(C)C. The Hall–Kier alpha value is -1.29. The van der Waals surface area contributed by atoms with E-state index in [2.05, 4.69) is 0 Å². The van der Waals surface area contributed by atoms with E-state index in [0.717, 1.165) is 5.56 Å². The lowest BCUT2D eigenvalue weighted by molar-refractivity contribution is -0.154. The second kappa shape index (κ2) is 7.07. The van der Waals surface area contributed by atoms with Gasteiger partial charge in [-0.1, -0.05) is 30.3 Å². The second-order valence-corrected chi connectivity index (χ2v) is 3.72. The van der Waals surface area contributed by atoms with E-state index in [1.54, 1.807) is 0 Å². The molecule has 0 radical (unpaired) electrons. The molecule has 0 bridgehead atoms. The van der Waals surface area contributed by atoms with Crippen LogP contribution >= 0.6 is 0 Å². The molecule has 0 aromatic heterocycles. The molecule has 16 heavy (non-hydrogen) atoms. The molecule has 1 rings (SSSR count). The zero-order chi connectivity index (χ0) is 11.3. The van der Waals surface area contributed by atoms with Crippen molar-refractivity contribution in [2.45, 2.75) is 19.6 Å². The Morgan fingerprint density at radius 3 is 2.38 bits per heavy atom. The molecule has 0 aliphatic heterocycles. The highest BCUT2D eigenvalue weighted by atomic mass is 16.6. The van der Waals surface area contributed by atoms with Gasteiger partial charge in [-0.25, -0.2) is 0 Å². The van der Waals surface area contributed by atoms with Crippen molar-refractivity contribution in [3.8, 4) is 0 Å². The Morgan fingerprint density at radius 2 is 1.88 bits per heavy atom. The molecule has 0 heterocycles. The first-order chi connectivity index (χ1) is 7.09. The first-order valence-corrected chi connectivity index (χ1v) is 4.99. The van der Waals surface area contributed by atoms with Crippen LogP contribution in [-0.4, -0.2) is 39.6 Å². The van der Waals surface area contributed by atoms with Gasteiger partial charge in [-0.2, -0.15) is 0 Å². The molecule has 0 N–H and O–H groups in total. The van der Waals surface area contributed by atoms with E-state index in [4.69, 9.17) is 4.74 Å². The summed E-state index contributed by atoms with van der Waals surface area (Å²) in [7, 11) is 3.75. The van der Waals surface area contributed by atoms with Gasteiger partial charge in [0.2, 0.25) is 0 Å². The van der Waals surface area contributed by atoms with Gasteiger partial charge in [-0.3, -0.25) is 9.69 Å². The molecule has 88 valence electrons. The van der Waals surface area contributed by atoms with Crippen LogP contribution in [-0.2, 0) is 16.0 Å². The Bertz CT molecular complexity index is 314. The standard InChI is InChI=1S/C12H17NO2.BH3/c1-10(13(2)3)15-12(14)9-11-7-5-4-6-8-11;/h4-8,10H,9H2,1-3H3;1H3. The maximum atomic E-state index is 11.5. The van der Waals surface area contributed by atoms with E-state index in [1.807, 2.05) is 56.3 Å². The number of carbonyl (C=O) groups is 1. The molecule has 1 aromatic carbocycles. The summed E-state index contributed by atoms with van der Waals surface area (Å²) in [5.41, 5.74) is 0.980. The summed E-state index contributed by atoms with van der Waals surface area (Å²) in [6.07, 6.45) is 0.153. The van der Waals surface area contributed by atoms with Gasteiger partial charge in [0.25, 0.3) is 0 Å². The van der Waals surface area contributed by atoms with Crippen LogP contribution in [0.1, 0.15) is 12.5 Å². The Balaban J connectivity index is 0.00000225. The average molecular weight is 221 g/mol. The van der Waals surface area contributed by atoms with E-state index in [9.17, 15) is 4.79 Å². The number of ether oxygens (including phenoxy) is 1. The summed E-state index contributed by atoms with van der Waals surface area (Å²) in [6, 6.07) is 9.59. The molecule has 0 saturated carbocycles. The summed E-state index contributed by atoms with van der Waals surface area (Å²) < 4.78 is 5.20. The summed E-state index contributed by atoms with van der Waals surface area (Å²) in [5.74, 6) is -0.192. The number of benzene rings is 1. The van der Waals surface area contributed by atoms with Crippen molar-refractivity contribution < 1.29 is 9.53 Å². The Morgan fingerprint density at radius 1 is 1.31 bits per heavy atom. The topological polar surface area (TPSA) is 29.5 Å². The maximum absolute atomic E-state index is 11.5. The fourth-order valence-corrected chi connectivity index (χ4v) is 1.10. The number of hydrogen-bond acceptors (Lipinski definition) is 3. The third-order valence-corrected chi connectivity index (χ3v) is 2.22. The van der Waals surface area contributed by atoms with Crippen molar-refractivity contribution in [1.82, 2.24) is 4.90 Å². The lowest BCUT2D eigenvalue weighted by atomic mass is 10.2. The minimum absolute atomic E-state index is 0. The summed E-state index contributed by atoms with van der Waals surface area (Å²) in [4.78, 5) is 13.3. The van der Waals surface area contributed by atoms with Crippen molar-refractivity contribution in [2.24, 2.45) is 0 Å². The first-order valence-electron chi connectivity index (χ1n) is 4.99. The van der Waals surface area contributed by atoms with Crippen molar-refractivity contribution in [3.63, 3.8) is 0 Å². The zero-order valence-corrected chi connectivity index (χ0v) is 9.43. The molecule has 0 spiro atoms. The molecule has 0 amide bonds. The van der Waals surface area contributed by atoms with Crippen LogP contribution < -0.4 is 0 Å². The summed E-state index contributed by atoms with van der Waals surface area (Å²) >= 11 is 0. The molecule has 1 atom stereocenters. The molecule has 0 aliphatic rings. The van der Waals surface area contributed by atoms with E-state index < -0.39 is 0 Å². The Kier molecular flexibility index (Phi) is 6.50. The number of hydrogen-bond donors (Lipinski definition) is 0. The molecule has 0 aliphatic carbocycles. The van der Waals surface area contributed by atoms with Gasteiger partial charge in [0.05, 0.1) is 14.8 Å². The minimum Gasteiger partial charge on any atom is -0.446 e. The van der Waals surface area contributed by atoms with E-state index in [-0.39, 0.29) is 20.6 Å². The van der Waals surface area contributed by atoms with Crippen LogP contribution in [0.15, 0.2) is 30.3 Å². The van der Waals surface area contributed by atoms with Crippen LogP contribution in [0.25, 0.3) is 0 Å². The Labute approximate surface area is 99.0 Å². The highest BCUT2D eigenvalue weighted by Crippen LogP contribution is 2.03. The third kappa shape index (κ3) is 4.98. The summed E-state index contributed by atoms with van der Waals surface area (Å²) in [6.45, 7) is 1.85. The molecule has 4 heteroatoms. The quantitative estimate of drug-likeness (QED) is 0.421. The van der Waals surface area contributed by atoms with E-state index >= 15 is 0 Å². The van der Waals surface area contributed by atoms with E-state index in [0.29, 0.717) is 6.42 Å². The van der Waals surface area contributed by atoms with Crippen LogP contribution in [0.3, 0.4) is 0 Å². The van der Waals surface area contributed by atoms with Crippen molar-refractivity contribution in [2.75, 3.05) is 14.1 Å². The molecular weight excluding hydrogens is 201 g/mol. The predicted molar refractivity (Wildman–Crippen MR) is 69.3 cm³/mol. The van der Waals surface area contributed by atoms with Gasteiger partial charge in [0, 0.05) is 0 Å². The minimum atomic E-state index is -0.192. The lowest BCUT2D eigenvalue weighted by Crippen LogP contribution is -2.30. The third-order valence-electron chi connectivity index (χ3n) is 2.22. The van der Waals surface area contributed by atoms with Gasteiger partial charge >= 0.3 is 5.97 Å². The van der Waals surface area contributed by atoms with Gasteiger partial charge in [-0.15, -0.1) is 0 Å². The molecular formula is C12H20BNO2. The van der Waals surface area contributed by atoms with Crippen molar-refractivity contribution in [3.05, 3.63) is 35.9 Å². The zero-order valence-electron chi connectivity index (χ0n) is 9.43. The largest absolute Gasteiger partial charge is 0.446 e. The van der Waals surface area contributed by atoms with Crippen molar-refractivity contribution >= 4 is 14.4 Å². The monoisotopic (exact) mass is 221 g/mol. The number of carbonyl (C=O) groups excluding carboxylic acids is 1. The van der Waals surface area contributed by atoms with Crippen LogP contribution in [0.4, 0.5) is 0 Å². The fraction of sp³-hybridized carbons (Fsp3) is 0.417. The van der Waals surface area contributed by atoms with Gasteiger partial charge in [0.1, 0.15) is 0 Å². The van der Waals surface area contributed by atoms with Gasteiger partial charge in [-0.05, 0) is 26.6 Å². The summed E-state index contributed by atoms with van der Waals surface area (Å²) in [5, 5.41) is 0. The highest BCUT2D eigenvalue weighted by molar-refractivity contribution is 5.75. The smallest absolute Gasteiger partial charge is 0.311 e. The van der Waals surface area contributed by atoms with Crippen molar-refractivity contribution in [1.29, 1.82) is 0 Å². The number of rotatable bonds is 4. The predicted octanol–water partition coefficient (Wildman–Crippen LogP) is 0.496. The average Bonchev–Trinajstić information content (AvgIpc) is 2.18. The maximum Gasteiger partial charge on any atom is 0.311 e. The number of esters is 1. The molecule has 1 aromatic rings. The fourth-order valence-electron chi connectivity index (χ4n) is 1.10. The second-order valence-electron chi connectivity index (χ2n) is 3.72. The van der Waals surface area contributed by atoms with Gasteiger partial charge < -0.3 is 4.74 Å². The molecule has 1 unspecified atom stereocenters. The molecule has 3 nitrogen and oxygen atoms in total. The van der Waals surface area contributed by atoms with Crippen LogP contribution in [0, 0.1) is 0 Å². The van der Waals surface area contributed by atoms with Crippen LogP contribution in [0.2, 0.25) is 0 Å². The van der Waals surface area contributed by atoms with E-state index in [1.165, 1.54) is 0 Å². The van der Waals surface area contributed by atoms with Crippen LogP contribution in [0.5, 0.6) is 0 Å².